The van der Waals surface area contributed by atoms with Crippen molar-refractivity contribution in [1.82, 2.24) is 25.3 Å². The average molecular weight is 441 g/mol. The van der Waals surface area contributed by atoms with Crippen molar-refractivity contribution in [3.05, 3.63) is 87.3 Å². The van der Waals surface area contributed by atoms with Gasteiger partial charge in [0.2, 0.25) is 0 Å². The summed E-state index contributed by atoms with van der Waals surface area (Å²) in [5, 5.41) is 14.2. The van der Waals surface area contributed by atoms with Gasteiger partial charge in [0.15, 0.2) is 0 Å². The van der Waals surface area contributed by atoms with Crippen LogP contribution in [0.25, 0.3) is 10.8 Å². The van der Waals surface area contributed by atoms with Gasteiger partial charge in [-0.3, -0.25) is 9.89 Å². The van der Waals surface area contributed by atoms with Gasteiger partial charge in [0, 0.05) is 23.5 Å². The average Bonchev–Trinajstić information content (AvgIpc) is 3.28. The van der Waals surface area contributed by atoms with E-state index >= 15 is 0 Å². The van der Waals surface area contributed by atoms with Crippen LogP contribution in [0.3, 0.4) is 0 Å². The van der Waals surface area contributed by atoms with Gasteiger partial charge in [0.05, 0.1) is 17.6 Å². The molecule has 158 valence electrons. The molecule has 2 aromatic heterocycles. The van der Waals surface area contributed by atoms with Gasteiger partial charge < -0.3 is 15.2 Å². The highest BCUT2D eigenvalue weighted by atomic mass is 35.5. The summed E-state index contributed by atoms with van der Waals surface area (Å²) in [6, 6.07) is 10.2. The molecule has 31 heavy (non-hydrogen) atoms. The quantitative estimate of drug-likeness (QED) is 0.431. The fourth-order valence-electron chi connectivity index (χ4n) is 3.38. The van der Waals surface area contributed by atoms with Gasteiger partial charge in [-0.1, -0.05) is 35.0 Å². The van der Waals surface area contributed by atoms with Gasteiger partial charge in [0.1, 0.15) is 11.5 Å². The monoisotopic (exact) mass is 440 g/mol. The molecule has 2 amide bonds. The first-order chi connectivity index (χ1) is 14.9. The molecule has 4 rings (SSSR count). The van der Waals surface area contributed by atoms with Gasteiger partial charge in [-0.05, 0) is 42.1 Å². The number of H-pyrrole nitrogens is 2. The number of rotatable bonds is 5. The van der Waals surface area contributed by atoms with Crippen molar-refractivity contribution >= 4 is 34.1 Å². The Labute approximate surface area is 181 Å². The molecule has 0 spiro atoms. The molecule has 1 unspecified atom stereocenters. The Morgan fingerprint density at radius 1 is 1.23 bits per heavy atom. The molecule has 8 nitrogen and oxygen atoms in total. The fourth-order valence-corrected chi connectivity index (χ4v) is 3.56. The molecule has 2 heterocycles. The molecule has 0 aliphatic heterocycles. The fraction of sp³-hybridized carbons (Fsp3) is 0.143. The van der Waals surface area contributed by atoms with Crippen molar-refractivity contribution in [2.45, 2.75) is 19.5 Å². The van der Waals surface area contributed by atoms with Gasteiger partial charge >= 0.3 is 6.03 Å². The Bertz CT molecular complexity index is 1290. The minimum atomic E-state index is -0.577. The number of benzene rings is 2. The van der Waals surface area contributed by atoms with E-state index in [0.29, 0.717) is 16.8 Å². The predicted molar refractivity (Wildman–Crippen MR) is 115 cm³/mol. The summed E-state index contributed by atoms with van der Waals surface area (Å²) in [6.45, 7) is 1.99. The van der Waals surface area contributed by atoms with Crippen molar-refractivity contribution in [3.8, 4) is 0 Å². The lowest BCUT2D eigenvalue weighted by atomic mass is 10.0. The van der Waals surface area contributed by atoms with E-state index < -0.39 is 17.9 Å². The van der Waals surface area contributed by atoms with E-state index in [0.717, 1.165) is 10.9 Å². The van der Waals surface area contributed by atoms with Crippen LogP contribution in [0.2, 0.25) is 5.02 Å². The van der Waals surface area contributed by atoms with E-state index in [2.05, 4.69) is 25.7 Å². The van der Waals surface area contributed by atoms with Crippen molar-refractivity contribution in [2.24, 2.45) is 0 Å². The number of urea groups is 1. The van der Waals surface area contributed by atoms with Crippen molar-refractivity contribution in [1.29, 1.82) is 0 Å². The number of hydrogen-bond acceptors (Lipinski definition) is 4. The number of anilines is 1. The lowest BCUT2D eigenvalue weighted by molar-refractivity contribution is 0.188. The first kappa shape index (κ1) is 20.5. The Morgan fingerprint density at radius 3 is 2.71 bits per heavy atom. The number of aromatic nitrogens is 4. The van der Waals surface area contributed by atoms with E-state index in [1.807, 2.05) is 19.1 Å². The van der Waals surface area contributed by atoms with Crippen LogP contribution >= 0.6 is 11.6 Å². The van der Waals surface area contributed by atoms with Crippen LogP contribution in [0.5, 0.6) is 0 Å². The smallest absolute Gasteiger partial charge is 0.322 e. The molecule has 0 aliphatic rings. The second-order valence-electron chi connectivity index (χ2n) is 6.95. The Balaban J connectivity index is 1.71. The molecule has 0 bridgehead atoms. The third kappa shape index (κ3) is 4.26. The molecular weight excluding hydrogens is 423 g/mol. The maximum Gasteiger partial charge on any atom is 0.322 e. The van der Waals surface area contributed by atoms with Crippen molar-refractivity contribution in [3.63, 3.8) is 0 Å². The standard InChI is InChI=1S/C21H18ClFN6O2/c1-12(17-10-24-20(30)16-5-3-2-4-15(16)17)29(11-14-9-25-28-27-14)21(31)26-13-6-7-19(23)18(22)8-13/h2-10,12H,11H2,1H3,(H,24,30)(H,26,31)(H,25,27,28). The molecule has 1 atom stereocenters. The van der Waals surface area contributed by atoms with E-state index in [1.165, 1.54) is 23.1 Å². The van der Waals surface area contributed by atoms with Gasteiger partial charge in [-0.15, -0.1) is 5.10 Å². The molecule has 10 heteroatoms. The van der Waals surface area contributed by atoms with E-state index in [9.17, 15) is 14.0 Å². The van der Waals surface area contributed by atoms with Crippen LogP contribution < -0.4 is 10.9 Å². The number of fused-ring (bicyclic) bond motifs is 1. The summed E-state index contributed by atoms with van der Waals surface area (Å²) < 4.78 is 13.5. The number of carbonyl (C=O) groups is 1. The zero-order valence-electron chi connectivity index (χ0n) is 16.4. The normalized spacial score (nSPS) is 12.0. The van der Waals surface area contributed by atoms with Gasteiger partial charge in [0.25, 0.3) is 5.56 Å². The van der Waals surface area contributed by atoms with Crippen LogP contribution in [0.4, 0.5) is 14.9 Å². The summed E-state index contributed by atoms with van der Waals surface area (Å²) in [7, 11) is 0. The zero-order valence-corrected chi connectivity index (χ0v) is 17.2. The molecule has 0 saturated carbocycles. The second kappa shape index (κ2) is 8.57. The summed E-state index contributed by atoms with van der Waals surface area (Å²) in [5.74, 6) is -0.577. The molecule has 4 aromatic rings. The molecule has 0 saturated heterocycles. The summed E-state index contributed by atoms with van der Waals surface area (Å²) in [5.41, 5.74) is 1.44. The van der Waals surface area contributed by atoms with E-state index in [4.69, 9.17) is 11.6 Å². The molecule has 0 aliphatic carbocycles. The molecule has 0 fully saturated rings. The third-order valence-corrected chi connectivity index (χ3v) is 5.28. The number of carbonyl (C=O) groups excluding carboxylic acids is 1. The van der Waals surface area contributed by atoms with Crippen LogP contribution in [0.1, 0.15) is 24.2 Å². The SMILES string of the molecule is CC(c1c[nH]c(=O)c2ccccc12)N(Cc1c[nH]nn1)C(=O)Nc1ccc(F)c(Cl)c1. The van der Waals surface area contributed by atoms with E-state index in [1.54, 1.807) is 24.5 Å². The molecule has 0 radical (unpaired) electrons. The van der Waals surface area contributed by atoms with Crippen LogP contribution in [0.15, 0.2) is 59.7 Å². The minimum absolute atomic E-state index is 0.0967. The number of pyridine rings is 1. The number of halogens is 2. The number of amides is 2. The molecule has 2 aromatic carbocycles. The summed E-state index contributed by atoms with van der Waals surface area (Å²) in [4.78, 5) is 29.7. The zero-order chi connectivity index (χ0) is 22.0. The number of nitrogens with zero attached hydrogens (tertiary/aromatic N) is 3. The first-order valence-electron chi connectivity index (χ1n) is 9.42. The Hall–Kier alpha value is -3.72. The maximum atomic E-state index is 13.5. The maximum absolute atomic E-state index is 13.5. The van der Waals surface area contributed by atoms with Gasteiger partial charge in [-0.2, -0.15) is 0 Å². The lowest BCUT2D eigenvalue weighted by Gasteiger charge is -2.29. The highest BCUT2D eigenvalue weighted by Crippen LogP contribution is 2.28. The first-order valence-corrected chi connectivity index (χ1v) is 9.80. The summed E-state index contributed by atoms with van der Waals surface area (Å²) >= 11 is 5.83. The van der Waals surface area contributed by atoms with Crippen LogP contribution in [-0.4, -0.2) is 31.3 Å². The van der Waals surface area contributed by atoms with Crippen LogP contribution in [-0.2, 0) is 6.54 Å². The highest BCUT2D eigenvalue weighted by Gasteiger charge is 2.25. The number of hydrogen-bond donors (Lipinski definition) is 3. The van der Waals surface area contributed by atoms with Gasteiger partial charge in [-0.25, -0.2) is 9.18 Å². The molecule has 3 N–H and O–H groups in total. The third-order valence-electron chi connectivity index (χ3n) is 4.99. The van der Waals surface area contributed by atoms with E-state index in [-0.39, 0.29) is 17.1 Å². The van der Waals surface area contributed by atoms with Crippen LogP contribution in [0, 0.1) is 5.82 Å². The topological polar surface area (TPSA) is 107 Å². The Kier molecular flexibility index (Phi) is 5.68. The number of nitrogens with one attached hydrogen (secondary N) is 3. The highest BCUT2D eigenvalue weighted by molar-refractivity contribution is 6.31. The summed E-state index contributed by atoms with van der Waals surface area (Å²) in [6.07, 6.45) is 3.19. The Morgan fingerprint density at radius 2 is 2.00 bits per heavy atom. The van der Waals surface area contributed by atoms with Crippen molar-refractivity contribution in [2.75, 3.05) is 5.32 Å². The molecular formula is C21H18ClFN6O2. The van der Waals surface area contributed by atoms with Crippen molar-refractivity contribution < 1.29 is 9.18 Å². The predicted octanol–water partition coefficient (Wildman–Crippen LogP) is 4.23. The largest absolute Gasteiger partial charge is 0.328 e. The second-order valence-corrected chi connectivity index (χ2v) is 7.35. The minimum Gasteiger partial charge on any atom is -0.328 e. The number of aromatic amines is 2. The lowest BCUT2D eigenvalue weighted by Crippen LogP contribution is -2.37.